The molecular weight excluding hydrogens is 603 g/mol. The van der Waals surface area contributed by atoms with Crippen molar-refractivity contribution in [3.8, 4) is 5.75 Å². The van der Waals surface area contributed by atoms with Gasteiger partial charge in [-0.15, -0.1) is 11.3 Å². The largest absolute Gasteiger partial charge is 0.497 e. The van der Waals surface area contributed by atoms with Crippen molar-refractivity contribution < 1.29 is 28.7 Å². The molecule has 0 radical (unpaired) electrons. The Bertz CT molecular complexity index is 1540. The maximum atomic E-state index is 13.9. The van der Waals surface area contributed by atoms with Crippen LogP contribution in [0.1, 0.15) is 49.9 Å². The maximum absolute atomic E-state index is 13.9. The van der Waals surface area contributed by atoms with Gasteiger partial charge in [0.05, 0.1) is 29.1 Å². The van der Waals surface area contributed by atoms with Crippen molar-refractivity contribution >= 4 is 62.7 Å². The van der Waals surface area contributed by atoms with Gasteiger partial charge in [-0.05, 0) is 55.5 Å². The minimum atomic E-state index is -1.01. The molecule has 2 aromatic carbocycles. The fourth-order valence-electron chi connectivity index (χ4n) is 5.42. The summed E-state index contributed by atoms with van der Waals surface area (Å²) in [6.45, 7) is 3.99. The standard InChI is InChI=1S/C31H35N5O6S2/c1-18(2)27(24(37)17-43-31-33-21-10-4-5-12-25(21)44-31)34-29(40)23-11-7-15-35-26(38)14-13-22(30(41)36(23)35)32-28(39)19-8-6-9-20(16-19)42-3/h4-6,8-10,12,16,18,22-23,27H,7,11,13-15,17H2,1-3H3,(H,32,39)(H,34,40)/t22?,23-,27-/m0/s1. The molecule has 0 bridgehead atoms. The zero-order chi connectivity index (χ0) is 31.4. The molecule has 2 aliphatic rings. The summed E-state index contributed by atoms with van der Waals surface area (Å²) in [4.78, 5) is 71.6. The summed E-state index contributed by atoms with van der Waals surface area (Å²) >= 11 is 2.84. The lowest BCUT2D eigenvalue weighted by Gasteiger charge is -2.43. The Labute approximate surface area is 263 Å². The third-order valence-corrected chi connectivity index (χ3v) is 9.93. The fraction of sp³-hybridized carbons (Fsp3) is 0.419. The van der Waals surface area contributed by atoms with Crippen molar-refractivity contribution in [3.05, 3.63) is 54.1 Å². The third-order valence-electron chi connectivity index (χ3n) is 7.72. The van der Waals surface area contributed by atoms with E-state index in [1.807, 2.05) is 38.1 Å². The number of para-hydroxylation sites is 1. The number of fused-ring (bicyclic) bond motifs is 2. The van der Waals surface area contributed by atoms with Crippen LogP contribution >= 0.6 is 23.1 Å². The summed E-state index contributed by atoms with van der Waals surface area (Å²) in [5.41, 5.74) is 1.18. The number of amides is 4. The molecule has 11 nitrogen and oxygen atoms in total. The highest BCUT2D eigenvalue weighted by atomic mass is 32.2. The van der Waals surface area contributed by atoms with Crippen LogP contribution in [0.15, 0.2) is 52.9 Å². The molecule has 0 saturated carbocycles. The van der Waals surface area contributed by atoms with Gasteiger partial charge in [-0.2, -0.15) is 0 Å². The molecule has 2 N–H and O–H groups in total. The summed E-state index contributed by atoms with van der Waals surface area (Å²) in [5.74, 6) is -1.58. The van der Waals surface area contributed by atoms with E-state index in [0.717, 1.165) is 14.6 Å². The monoisotopic (exact) mass is 637 g/mol. The van der Waals surface area contributed by atoms with Gasteiger partial charge < -0.3 is 15.4 Å². The van der Waals surface area contributed by atoms with Crippen LogP contribution in [0, 0.1) is 5.92 Å². The molecule has 1 aromatic heterocycles. The van der Waals surface area contributed by atoms with E-state index in [4.69, 9.17) is 4.74 Å². The number of aromatic nitrogens is 1. The Morgan fingerprint density at radius 2 is 1.91 bits per heavy atom. The lowest BCUT2D eigenvalue weighted by atomic mass is 9.99. The fourth-order valence-corrected chi connectivity index (χ4v) is 7.40. The van der Waals surface area contributed by atoms with Gasteiger partial charge in [0.2, 0.25) is 11.8 Å². The number of Topliss-reactive ketones (excluding diaryl/α,β-unsaturated/α-hetero) is 1. The van der Waals surface area contributed by atoms with Gasteiger partial charge in [0.1, 0.15) is 17.8 Å². The predicted molar refractivity (Wildman–Crippen MR) is 167 cm³/mol. The number of nitrogens with one attached hydrogen (secondary N) is 2. The molecule has 3 heterocycles. The Morgan fingerprint density at radius 1 is 1.11 bits per heavy atom. The predicted octanol–water partition coefficient (Wildman–Crippen LogP) is 3.43. The second-order valence-electron chi connectivity index (χ2n) is 11.1. The summed E-state index contributed by atoms with van der Waals surface area (Å²) < 4.78 is 7.00. The van der Waals surface area contributed by atoms with Crippen LogP contribution in [0.3, 0.4) is 0 Å². The number of carbonyl (C=O) groups excluding carboxylic acids is 5. The van der Waals surface area contributed by atoms with E-state index in [1.54, 1.807) is 24.3 Å². The van der Waals surface area contributed by atoms with Gasteiger partial charge in [-0.25, -0.2) is 9.99 Å². The van der Waals surface area contributed by atoms with E-state index < -0.39 is 35.8 Å². The van der Waals surface area contributed by atoms with Crippen molar-refractivity contribution in [1.82, 2.24) is 25.6 Å². The number of rotatable bonds is 10. The van der Waals surface area contributed by atoms with Gasteiger partial charge in [-0.1, -0.05) is 43.8 Å². The van der Waals surface area contributed by atoms with Crippen LogP contribution in [0.4, 0.5) is 0 Å². The quantitative estimate of drug-likeness (QED) is 0.323. The van der Waals surface area contributed by atoms with E-state index in [9.17, 15) is 24.0 Å². The van der Waals surface area contributed by atoms with E-state index in [-0.39, 0.29) is 42.7 Å². The summed E-state index contributed by atoms with van der Waals surface area (Å²) in [7, 11) is 1.49. The Hall–Kier alpha value is -3.97. The van der Waals surface area contributed by atoms with E-state index in [0.29, 0.717) is 24.2 Å². The van der Waals surface area contributed by atoms with Crippen molar-refractivity contribution in [3.63, 3.8) is 0 Å². The van der Waals surface area contributed by atoms with Crippen LogP contribution in [0.25, 0.3) is 10.2 Å². The van der Waals surface area contributed by atoms with Crippen molar-refractivity contribution in [2.45, 2.75) is 62.0 Å². The number of hydrazine groups is 1. The molecule has 13 heteroatoms. The van der Waals surface area contributed by atoms with E-state index in [2.05, 4.69) is 15.6 Å². The SMILES string of the molecule is COc1cccc(C(=O)NC2CCC(=O)N3CCC[C@@H](C(=O)N[C@H](C(=O)CSc4nc5ccccc5s4)C(C)C)N3C2=O)c1. The second-order valence-corrected chi connectivity index (χ2v) is 13.3. The smallest absolute Gasteiger partial charge is 0.264 e. The number of carbonyl (C=O) groups is 5. The normalized spacial score (nSPS) is 19.4. The molecule has 2 aliphatic heterocycles. The topological polar surface area (TPSA) is 138 Å². The Balaban J connectivity index is 1.29. The average molecular weight is 638 g/mol. The van der Waals surface area contributed by atoms with E-state index in [1.165, 1.54) is 40.2 Å². The van der Waals surface area contributed by atoms with Crippen LogP contribution in [-0.2, 0) is 19.2 Å². The molecule has 5 rings (SSSR count). The average Bonchev–Trinajstić information content (AvgIpc) is 3.41. The molecule has 0 spiro atoms. The van der Waals surface area contributed by atoms with Crippen LogP contribution < -0.4 is 15.4 Å². The van der Waals surface area contributed by atoms with E-state index >= 15 is 0 Å². The molecule has 1 unspecified atom stereocenters. The number of thiazole rings is 1. The number of hydrogen-bond acceptors (Lipinski definition) is 9. The third kappa shape index (κ3) is 6.88. The maximum Gasteiger partial charge on any atom is 0.264 e. The molecule has 44 heavy (non-hydrogen) atoms. The number of thioether (sulfide) groups is 1. The van der Waals surface area contributed by atoms with Crippen molar-refractivity contribution in [2.24, 2.45) is 5.92 Å². The Morgan fingerprint density at radius 3 is 2.66 bits per heavy atom. The number of ether oxygens (including phenoxy) is 1. The minimum absolute atomic E-state index is 0.0374. The highest BCUT2D eigenvalue weighted by Crippen LogP contribution is 2.30. The van der Waals surface area contributed by atoms with Gasteiger partial charge in [0, 0.05) is 18.5 Å². The molecule has 3 atom stereocenters. The van der Waals surface area contributed by atoms with Crippen molar-refractivity contribution in [1.29, 1.82) is 0 Å². The number of benzene rings is 2. The molecule has 0 aliphatic carbocycles. The Kier molecular flexibility index (Phi) is 9.84. The van der Waals surface area contributed by atoms with Crippen LogP contribution in [0.5, 0.6) is 5.75 Å². The van der Waals surface area contributed by atoms with Gasteiger partial charge in [-0.3, -0.25) is 29.0 Å². The van der Waals surface area contributed by atoms with Gasteiger partial charge in [0.15, 0.2) is 10.1 Å². The zero-order valence-corrected chi connectivity index (χ0v) is 26.4. The number of nitrogens with zero attached hydrogens (tertiary/aromatic N) is 3. The van der Waals surface area contributed by atoms with Crippen LogP contribution in [0.2, 0.25) is 0 Å². The second kappa shape index (κ2) is 13.8. The first-order chi connectivity index (χ1) is 21.2. The molecule has 4 amide bonds. The molecule has 3 aromatic rings. The van der Waals surface area contributed by atoms with Gasteiger partial charge >= 0.3 is 0 Å². The first-order valence-corrected chi connectivity index (χ1v) is 16.4. The lowest BCUT2D eigenvalue weighted by molar-refractivity contribution is -0.176. The molecule has 2 fully saturated rings. The number of methoxy groups -OCH3 is 1. The summed E-state index contributed by atoms with van der Waals surface area (Å²) in [6, 6.07) is 11.5. The number of hydrogen-bond donors (Lipinski definition) is 2. The molecular formula is C31H35N5O6S2. The van der Waals surface area contributed by atoms with Crippen LogP contribution in [-0.4, -0.2) is 81.9 Å². The summed E-state index contributed by atoms with van der Waals surface area (Å²) in [6.07, 6.45) is 0.972. The molecule has 2 saturated heterocycles. The van der Waals surface area contributed by atoms with Crippen molar-refractivity contribution in [2.75, 3.05) is 19.4 Å². The highest BCUT2D eigenvalue weighted by Gasteiger charge is 2.45. The zero-order valence-electron chi connectivity index (χ0n) is 24.8. The number of ketones is 1. The highest BCUT2D eigenvalue weighted by molar-refractivity contribution is 8.01. The lowest BCUT2D eigenvalue weighted by Crippen LogP contribution is -2.64. The first kappa shape index (κ1) is 31.5. The first-order valence-electron chi connectivity index (χ1n) is 14.6. The van der Waals surface area contributed by atoms with Gasteiger partial charge in [0.25, 0.3) is 11.8 Å². The molecule has 232 valence electrons. The summed E-state index contributed by atoms with van der Waals surface area (Å²) in [5, 5.41) is 8.15. The minimum Gasteiger partial charge on any atom is -0.497 e.